The zero-order chi connectivity index (χ0) is 76.3. The van der Waals surface area contributed by atoms with Crippen LogP contribution in [0.15, 0.2) is 12.8 Å². The number of hydrogen-bond acceptors (Lipinski definition) is 16. The summed E-state index contributed by atoms with van der Waals surface area (Å²) in [6, 6.07) is 0. The van der Waals surface area contributed by atoms with Crippen molar-refractivity contribution in [3.63, 3.8) is 0 Å². The molecule has 0 aromatic rings. The van der Waals surface area contributed by atoms with E-state index in [4.69, 9.17) is 71.4 Å². The predicted molar refractivity (Wildman–Crippen MR) is 427 cm³/mol. The number of aliphatic hydroxyl groups is 1. The Bertz CT molecular complexity index is 2480. The van der Waals surface area contributed by atoms with Crippen molar-refractivity contribution in [3.05, 3.63) is 12.8 Å². The molecule has 0 spiro atoms. The fourth-order valence-corrected chi connectivity index (χ4v) is 26.0. The minimum Gasteiger partial charge on any atom is -0.502 e. The third kappa shape index (κ3) is 21.3. The summed E-state index contributed by atoms with van der Waals surface area (Å²) in [5.74, 6) is 21.6. The van der Waals surface area contributed by atoms with Gasteiger partial charge in [0.1, 0.15) is 6.10 Å². The third-order valence-corrected chi connectivity index (χ3v) is 32.0. The Balaban J connectivity index is 0.000000109. The highest BCUT2D eigenvalue weighted by Gasteiger charge is 2.68. The zero-order valence-electron chi connectivity index (χ0n) is 70.9. The molecular weight excluding hydrogens is 1370 g/mol. The first-order valence-electron chi connectivity index (χ1n) is 46.1. The van der Waals surface area contributed by atoms with Gasteiger partial charge in [0.25, 0.3) is 0 Å². The summed E-state index contributed by atoms with van der Waals surface area (Å²) in [6.07, 6.45) is 43.4. The maximum atomic E-state index is 7.57. The summed E-state index contributed by atoms with van der Waals surface area (Å²) >= 11 is 0. The predicted octanol–water partition coefficient (Wildman–Crippen LogP) is 17.4. The van der Waals surface area contributed by atoms with Gasteiger partial charge in [0.05, 0.1) is 162 Å². The molecule has 16 nitrogen and oxygen atoms in total. The minimum absolute atomic E-state index is 0.250. The summed E-state index contributed by atoms with van der Waals surface area (Å²) in [6.45, 7) is 45.1. The monoisotopic (exact) mass is 1530 g/mol. The van der Waals surface area contributed by atoms with Gasteiger partial charge in [-0.1, -0.05) is 60.5 Å². The second-order valence-electron chi connectivity index (χ2n) is 40.5. The molecule has 23 fully saturated rings. The Labute approximate surface area is 662 Å². The lowest BCUT2D eigenvalue weighted by Crippen LogP contribution is -2.47. The summed E-state index contributed by atoms with van der Waals surface area (Å²) in [4.78, 5) is 0. The number of epoxide rings is 3. The van der Waals surface area contributed by atoms with E-state index in [0.717, 1.165) is 193 Å². The lowest BCUT2D eigenvalue weighted by molar-refractivity contribution is -0.168. The van der Waals surface area contributed by atoms with Gasteiger partial charge in [0, 0.05) is 60.1 Å². The number of ether oxygens (including phenoxy) is 15. The van der Waals surface area contributed by atoms with Crippen molar-refractivity contribution >= 4 is 0 Å². The first-order chi connectivity index (χ1) is 52.9. The van der Waals surface area contributed by atoms with Gasteiger partial charge in [-0.3, -0.25) is 0 Å². The van der Waals surface area contributed by atoms with E-state index in [9.17, 15) is 0 Å². The molecule has 8 heterocycles. The lowest BCUT2D eigenvalue weighted by atomic mass is 9.79. The van der Waals surface area contributed by atoms with Crippen LogP contribution < -0.4 is 0 Å². The Kier molecular flexibility index (Phi) is 31.2. The number of hydrogen-bond donors (Lipinski definition) is 1. The standard InChI is InChI=1S/C16H24O3.C15H22O3.3C10H16.3C7H14O2.C5H10O2.C4H8O.C2H6O/c1-2-16(6-17-7-16)8-18-12-4-9-3-11(12)14-10(9)5-13-15(14)19-13;1-15(5-16-6-15)7-17-11-3-8-2-10(11)13-9(8)4-12-14(13)18-12;3*1-2-9-7-4-5-8(6-7)10(9)3-1;3*1-3-8-4-7(2)5-9-6-7;1-2-6-3-5-4-7-5;1-3-5-4-2;1-2-3/h9-15H,2-8H2,1H3;8-14H,2-7H2,1H3;3*7-10H,1-6H2;3*3-6H2,1-2H3;5H,2-4H2,1H3;3H,1,4H2,2H3;3H,2H2,1H3. The second-order valence-corrected chi connectivity index (χ2v) is 40.5. The molecule has 15 saturated carbocycles. The molecule has 109 heavy (non-hydrogen) atoms. The summed E-state index contributed by atoms with van der Waals surface area (Å²) in [7, 11) is 0. The molecule has 27 unspecified atom stereocenters. The maximum absolute atomic E-state index is 7.57. The van der Waals surface area contributed by atoms with Crippen LogP contribution in [0.5, 0.6) is 0 Å². The number of rotatable bonds is 21. The van der Waals surface area contributed by atoms with E-state index in [-0.39, 0.29) is 6.61 Å². The van der Waals surface area contributed by atoms with Crippen molar-refractivity contribution < 1.29 is 76.2 Å². The molecule has 0 aromatic carbocycles. The number of aliphatic hydroxyl groups excluding tert-OH is 1. The first kappa shape index (κ1) is 85.8. The van der Waals surface area contributed by atoms with Crippen molar-refractivity contribution in [1.29, 1.82) is 0 Å². The summed E-state index contributed by atoms with van der Waals surface area (Å²) in [5.41, 5.74) is 1.63. The van der Waals surface area contributed by atoms with Crippen LogP contribution in [0.25, 0.3) is 0 Å². The van der Waals surface area contributed by atoms with Crippen LogP contribution in [0, 0.1) is 145 Å². The van der Waals surface area contributed by atoms with Crippen molar-refractivity contribution in [2.45, 2.75) is 279 Å². The summed E-state index contributed by atoms with van der Waals surface area (Å²) in [5, 5.41) is 7.57. The highest BCUT2D eigenvalue weighted by Crippen LogP contribution is 2.67. The Morgan fingerprint density at radius 1 is 0.367 bits per heavy atom. The fourth-order valence-electron chi connectivity index (χ4n) is 26.0. The molecule has 0 amide bonds. The van der Waals surface area contributed by atoms with Gasteiger partial charge >= 0.3 is 0 Å². The molecule has 1 N–H and O–H groups in total. The van der Waals surface area contributed by atoms with Crippen molar-refractivity contribution in [2.75, 3.05) is 152 Å². The van der Waals surface area contributed by atoms with Crippen molar-refractivity contribution in [1.82, 2.24) is 0 Å². The van der Waals surface area contributed by atoms with E-state index in [1.54, 1.807) is 122 Å². The average Bonchev–Trinajstić information content (AvgIpc) is 1.54. The van der Waals surface area contributed by atoms with Gasteiger partial charge in [-0.2, -0.15) is 0 Å². The Morgan fingerprint density at radius 2 is 0.697 bits per heavy atom. The number of fused-ring (bicyclic) bond motifs is 29. The van der Waals surface area contributed by atoms with E-state index < -0.39 is 0 Å². The van der Waals surface area contributed by atoms with Crippen LogP contribution in [-0.2, 0) is 71.1 Å². The van der Waals surface area contributed by atoms with Gasteiger partial charge in [0.2, 0.25) is 0 Å². The Hall–Kier alpha value is -1.06. The zero-order valence-corrected chi connectivity index (χ0v) is 70.9. The molecule has 16 heteroatoms. The first-order valence-corrected chi connectivity index (χ1v) is 46.1. The SMILES string of the molecule is C1CC2C3CCC(C3)C2C1.C1CC2C3CCC(C3)C2C1.C1CC2C3CCC(C3)C2C1.C=COCC.CC1(COC2CC3CC2C2C3CC3OC32)COC1.CCC1(COC2CC3CC2C2C3CC3OC32)COC1.CCO.CCOCC1(C)COC1.CCOCC1(C)COC1.CCOCC1(C)COC1.CCOCC1CO1. The molecule has 15 aliphatic carbocycles. The fraction of sp³-hybridized carbons (Fsp3) is 0.978. The van der Waals surface area contributed by atoms with Crippen LogP contribution >= 0.6 is 0 Å². The summed E-state index contributed by atoms with van der Waals surface area (Å²) < 4.78 is 80.4. The van der Waals surface area contributed by atoms with Gasteiger partial charge in [-0.25, -0.2) is 0 Å². The Morgan fingerprint density at radius 3 is 0.963 bits per heavy atom. The van der Waals surface area contributed by atoms with Crippen LogP contribution in [0.2, 0.25) is 0 Å². The van der Waals surface area contributed by atoms with E-state index >= 15 is 0 Å². The third-order valence-electron chi connectivity index (χ3n) is 32.0. The normalized spacial score (nSPS) is 43.2. The van der Waals surface area contributed by atoms with Gasteiger partial charge in [-0.05, 0) is 301 Å². The van der Waals surface area contributed by atoms with Crippen molar-refractivity contribution in [2.24, 2.45) is 145 Å². The van der Waals surface area contributed by atoms with Gasteiger partial charge < -0.3 is 76.2 Å². The molecule has 23 rings (SSSR count). The molecule has 0 aromatic heterocycles. The minimum atomic E-state index is 0.250. The molecule has 27 atom stereocenters. The average molecular weight is 1530 g/mol. The van der Waals surface area contributed by atoms with E-state index in [1.165, 1.54) is 122 Å². The van der Waals surface area contributed by atoms with Gasteiger partial charge in [0.15, 0.2) is 0 Å². The molecule has 8 saturated heterocycles. The maximum Gasteiger partial charge on any atom is 0.104 e. The second kappa shape index (κ2) is 39.7. The lowest BCUT2D eigenvalue weighted by Gasteiger charge is -2.42. The van der Waals surface area contributed by atoms with Crippen LogP contribution in [0.4, 0.5) is 0 Å². The largest absolute Gasteiger partial charge is 0.502 e. The molecule has 628 valence electrons. The smallest absolute Gasteiger partial charge is 0.104 e. The van der Waals surface area contributed by atoms with Crippen molar-refractivity contribution in [3.8, 4) is 0 Å². The quantitative estimate of drug-likeness (QED) is 0.0850. The highest BCUT2D eigenvalue weighted by molar-refractivity contribution is 5.16. The molecule has 8 aliphatic heterocycles. The molecular formula is C93H160O16. The molecule has 10 bridgehead atoms. The van der Waals surface area contributed by atoms with E-state index in [1.807, 2.05) is 34.6 Å². The highest BCUT2D eigenvalue weighted by atomic mass is 16.6. The molecule has 23 aliphatic rings. The van der Waals surface area contributed by atoms with Gasteiger partial charge in [-0.15, -0.1) is 0 Å². The van der Waals surface area contributed by atoms with Crippen LogP contribution in [-0.4, -0.2) is 200 Å². The topological polar surface area (TPSA) is 169 Å². The molecule has 0 radical (unpaired) electrons. The van der Waals surface area contributed by atoms with E-state index in [2.05, 4.69) is 45.9 Å². The van der Waals surface area contributed by atoms with Crippen LogP contribution in [0.3, 0.4) is 0 Å². The van der Waals surface area contributed by atoms with Crippen LogP contribution in [0.1, 0.15) is 237 Å². The van der Waals surface area contributed by atoms with E-state index in [0.29, 0.717) is 69.8 Å².